The van der Waals surface area contributed by atoms with Gasteiger partial charge in [0.15, 0.2) is 5.76 Å². The van der Waals surface area contributed by atoms with E-state index >= 15 is 0 Å². The van der Waals surface area contributed by atoms with Crippen molar-refractivity contribution in [1.29, 1.82) is 0 Å². The minimum absolute atomic E-state index is 0.124. The van der Waals surface area contributed by atoms with Gasteiger partial charge < -0.3 is 24.2 Å². The quantitative estimate of drug-likeness (QED) is 0.591. The van der Waals surface area contributed by atoms with E-state index in [1.165, 1.54) is 11.6 Å². The Balaban J connectivity index is 1.86. The number of rotatable bonds is 10. The number of carbonyl (C=O) groups is 1. The summed E-state index contributed by atoms with van der Waals surface area (Å²) in [5.74, 6) is 0.750. The predicted molar refractivity (Wildman–Crippen MR) is 118 cm³/mol. The van der Waals surface area contributed by atoms with Gasteiger partial charge in [-0.25, -0.2) is 0 Å². The van der Waals surface area contributed by atoms with Gasteiger partial charge >= 0.3 is 0 Å². The first-order valence-corrected chi connectivity index (χ1v) is 10.6. The zero-order valence-electron chi connectivity index (χ0n) is 18.7. The third kappa shape index (κ3) is 5.53. The molecule has 0 unspecified atom stereocenters. The molecule has 0 saturated carbocycles. The van der Waals surface area contributed by atoms with Crippen molar-refractivity contribution < 1.29 is 29.0 Å². The maximum atomic E-state index is 12.9. The smallest absolute Gasteiger partial charge is 0.231 e. The van der Waals surface area contributed by atoms with Gasteiger partial charge in [0, 0.05) is 19.8 Å². The van der Waals surface area contributed by atoms with Crippen molar-refractivity contribution in [3.63, 3.8) is 0 Å². The van der Waals surface area contributed by atoms with E-state index in [4.69, 9.17) is 14.2 Å². The maximum Gasteiger partial charge on any atom is 0.231 e. The van der Waals surface area contributed by atoms with Crippen molar-refractivity contribution in [2.75, 3.05) is 40.5 Å². The summed E-state index contributed by atoms with van der Waals surface area (Å²) in [5.41, 5.74) is 3.08. The van der Waals surface area contributed by atoms with Crippen LogP contribution in [0.15, 0.2) is 42.2 Å². The van der Waals surface area contributed by atoms with Gasteiger partial charge in [-0.05, 0) is 29.2 Å². The molecule has 0 radical (unpaired) electrons. The van der Waals surface area contributed by atoms with E-state index < -0.39 is 0 Å². The molecule has 1 aliphatic heterocycles. The molecule has 0 atom stereocenters. The molecule has 1 N–H and O–H groups in total. The lowest BCUT2D eigenvalue weighted by molar-refractivity contribution is -0.914. The van der Waals surface area contributed by atoms with E-state index in [0.717, 1.165) is 23.6 Å². The van der Waals surface area contributed by atoms with Gasteiger partial charge in [-0.1, -0.05) is 49.9 Å². The second kappa shape index (κ2) is 10.6. The highest BCUT2D eigenvalue weighted by atomic mass is 16.5. The number of allylic oxidation sites excluding steroid dienone is 1. The number of carbonyl (C=O) groups excluding carboxylic acids is 1. The second-order valence-electron chi connectivity index (χ2n) is 8.09. The van der Waals surface area contributed by atoms with Gasteiger partial charge in [0.2, 0.25) is 5.78 Å². The topological polar surface area (TPSA) is 72.3 Å². The number of hydrogen-bond acceptors (Lipinski definition) is 5. The summed E-state index contributed by atoms with van der Waals surface area (Å²) in [5, 5.41) is 12.6. The number of methoxy groups -OCH3 is 2. The number of hydrogen-bond donors (Lipinski definition) is 1. The molecular weight excluding hydrogens is 394 g/mol. The van der Waals surface area contributed by atoms with Crippen molar-refractivity contribution >= 4 is 11.9 Å². The summed E-state index contributed by atoms with van der Waals surface area (Å²) in [7, 11) is 3.31. The third-order valence-electron chi connectivity index (χ3n) is 5.55. The molecular formula is C25H31NO5. The van der Waals surface area contributed by atoms with Gasteiger partial charge in [-0.3, -0.25) is 4.79 Å². The normalized spacial score (nSPS) is 14.5. The van der Waals surface area contributed by atoms with Crippen LogP contribution in [0.5, 0.6) is 11.5 Å². The number of benzene rings is 2. The Morgan fingerprint density at radius 3 is 2.26 bits per heavy atom. The van der Waals surface area contributed by atoms with Crippen molar-refractivity contribution in [2.24, 2.45) is 0 Å². The van der Waals surface area contributed by atoms with Gasteiger partial charge in [-0.2, -0.15) is 0 Å². The molecule has 31 heavy (non-hydrogen) atoms. The average molecular weight is 426 g/mol. The van der Waals surface area contributed by atoms with E-state index in [1.54, 1.807) is 26.4 Å². The fraction of sp³-hybridized carbons (Fsp3) is 0.400. The Labute approximate surface area is 184 Å². The molecule has 0 amide bonds. The molecule has 1 heterocycles. The highest BCUT2D eigenvalue weighted by Gasteiger charge is 2.31. The van der Waals surface area contributed by atoms with Crippen LogP contribution in [0.3, 0.4) is 0 Å². The first-order valence-electron chi connectivity index (χ1n) is 10.6. The molecule has 0 saturated heterocycles. The van der Waals surface area contributed by atoms with Crippen LogP contribution in [0, 0.1) is 0 Å². The largest absolute Gasteiger partial charge is 0.872 e. The zero-order chi connectivity index (χ0) is 22.4. The van der Waals surface area contributed by atoms with E-state index in [9.17, 15) is 9.90 Å². The predicted octanol–water partition coefficient (Wildman–Crippen LogP) is 2.18. The van der Waals surface area contributed by atoms with Crippen LogP contribution >= 0.6 is 0 Å². The summed E-state index contributed by atoms with van der Waals surface area (Å²) in [4.78, 5) is 14.1. The molecule has 166 valence electrons. The Hall–Kier alpha value is -2.67. The molecule has 0 aromatic heterocycles. The Bertz CT molecular complexity index is 926. The standard InChI is InChI=1S/C25H31NO5/c1-17(2)19-7-5-18(6-8-19)15-23-24(28)20-9-10-22(27)21(25(20)31-23)16-26(11-13-29-3)12-14-30-4/h5-10,15,17,27H,11-14,16H2,1-4H3/b23-15-. The number of nitrogens with one attached hydrogen (secondary N) is 1. The van der Waals surface area contributed by atoms with Crippen LogP contribution in [0.1, 0.15) is 46.8 Å². The lowest BCUT2D eigenvalue weighted by Gasteiger charge is -2.23. The molecule has 0 fully saturated rings. The van der Waals surface area contributed by atoms with Crippen molar-refractivity contribution in [2.45, 2.75) is 26.3 Å². The van der Waals surface area contributed by atoms with Crippen LogP contribution in [0.2, 0.25) is 0 Å². The van der Waals surface area contributed by atoms with Crippen LogP contribution < -0.4 is 14.7 Å². The summed E-state index contributed by atoms with van der Waals surface area (Å²) >= 11 is 0. The lowest BCUT2D eigenvalue weighted by Crippen LogP contribution is -3.11. The number of quaternary nitrogens is 1. The number of ketones is 1. The number of ether oxygens (including phenoxy) is 3. The molecule has 6 nitrogen and oxygen atoms in total. The maximum absolute atomic E-state index is 12.9. The highest BCUT2D eigenvalue weighted by Crippen LogP contribution is 2.38. The fourth-order valence-electron chi connectivity index (χ4n) is 3.63. The first kappa shape index (κ1) is 23.0. The van der Waals surface area contributed by atoms with Gasteiger partial charge in [0.1, 0.15) is 25.4 Å². The van der Waals surface area contributed by atoms with E-state index in [-0.39, 0.29) is 17.3 Å². The minimum atomic E-state index is -0.195. The number of Topliss-reactive ketones (excluding diaryl/α,β-unsaturated/α-hetero) is 1. The van der Waals surface area contributed by atoms with Crippen molar-refractivity contribution in [1.82, 2.24) is 0 Å². The van der Waals surface area contributed by atoms with E-state index in [1.807, 2.05) is 12.1 Å². The summed E-state index contributed by atoms with van der Waals surface area (Å²) < 4.78 is 16.4. The van der Waals surface area contributed by atoms with Crippen molar-refractivity contribution in [3.05, 3.63) is 64.4 Å². The monoisotopic (exact) mass is 425 g/mol. The summed E-state index contributed by atoms with van der Waals surface area (Å²) in [6, 6.07) is 11.1. The van der Waals surface area contributed by atoms with Gasteiger partial charge in [-0.15, -0.1) is 0 Å². The number of fused-ring (bicyclic) bond motifs is 1. The molecule has 0 spiro atoms. The van der Waals surface area contributed by atoms with Crippen LogP contribution in [0.4, 0.5) is 0 Å². The molecule has 2 aromatic carbocycles. The lowest BCUT2D eigenvalue weighted by atomic mass is 10.0. The first-order chi connectivity index (χ1) is 14.9. The molecule has 1 aliphatic rings. The summed E-state index contributed by atoms with van der Waals surface area (Å²) in [6.45, 7) is 7.31. The average Bonchev–Trinajstić information content (AvgIpc) is 3.07. The summed E-state index contributed by atoms with van der Waals surface area (Å²) in [6.07, 6.45) is 1.74. The molecule has 6 heteroatoms. The third-order valence-corrected chi connectivity index (χ3v) is 5.55. The molecule has 3 rings (SSSR count). The molecule has 2 aromatic rings. The van der Waals surface area contributed by atoms with Gasteiger partial charge in [0.05, 0.1) is 18.8 Å². The fourth-order valence-corrected chi connectivity index (χ4v) is 3.63. The minimum Gasteiger partial charge on any atom is -0.872 e. The second-order valence-corrected chi connectivity index (χ2v) is 8.09. The SMILES string of the molecule is COCC[NH+](CCOC)Cc1c([O-])ccc2c1O/C(=C\c1ccc(C(C)C)cc1)C2=O. The zero-order valence-corrected chi connectivity index (χ0v) is 18.7. The van der Waals surface area contributed by atoms with Crippen LogP contribution in [-0.2, 0) is 16.0 Å². The van der Waals surface area contributed by atoms with Crippen LogP contribution in [-0.4, -0.2) is 46.3 Å². The van der Waals surface area contributed by atoms with Crippen LogP contribution in [0.25, 0.3) is 6.08 Å². The van der Waals surface area contributed by atoms with Crippen molar-refractivity contribution in [3.8, 4) is 11.5 Å². The molecule has 0 bridgehead atoms. The van der Waals surface area contributed by atoms with E-state index in [0.29, 0.717) is 42.6 Å². The molecule has 0 aliphatic carbocycles. The Morgan fingerprint density at radius 1 is 1.03 bits per heavy atom. The Morgan fingerprint density at radius 2 is 1.68 bits per heavy atom. The van der Waals surface area contributed by atoms with E-state index in [2.05, 4.69) is 26.0 Å². The van der Waals surface area contributed by atoms with Gasteiger partial charge in [0.25, 0.3) is 0 Å². The highest BCUT2D eigenvalue weighted by molar-refractivity contribution is 6.14. The Kier molecular flexibility index (Phi) is 7.85.